The Kier molecular flexibility index (Phi) is 12.1. The van der Waals surface area contributed by atoms with E-state index in [-0.39, 0.29) is 12.3 Å². The van der Waals surface area contributed by atoms with E-state index in [1.165, 1.54) is 18.9 Å². The number of terminal acetylenes is 1. The second kappa shape index (κ2) is 13.1. The Morgan fingerprint density at radius 3 is 2.36 bits per heavy atom. The molecule has 0 aromatic rings. The average molecular weight is 413 g/mol. The standard InChI is InChI=1S/C20H32N2O5S/c1-8-28-12-10-9-11-15(13-16(23)26-7)21-18(24)17(14(2)3)22-19(25)27-20(4,5)6/h1,9,11,14-15,17H,10,12-13H2,2-7H3,(H,21,24)(H,22,25). The third-order valence-corrected chi connectivity index (χ3v) is 4.01. The number of allylic oxidation sites excluding steroid dienone is 1. The highest BCUT2D eigenvalue weighted by Crippen LogP contribution is 2.10. The molecule has 28 heavy (non-hydrogen) atoms. The van der Waals surface area contributed by atoms with Crippen molar-refractivity contribution < 1.29 is 23.9 Å². The third kappa shape index (κ3) is 12.3. The van der Waals surface area contributed by atoms with E-state index in [0.29, 0.717) is 6.42 Å². The first-order valence-corrected chi connectivity index (χ1v) is 10.1. The van der Waals surface area contributed by atoms with Gasteiger partial charge in [-0.2, -0.15) is 0 Å². The highest BCUT2D eigenvalue weighted by molar-refractivity contribution is 8.03. The summed E-state index contributed by atoms with van der Waals surface area (Å²) in [6, 6.07) is -1.36. The van der Waals surface area contributed by atoms with Crippen molar-refractivity contribution in [3.05, 3.63) is 12.2 Å². The summed E-state index contributed by atoms with van der Waals surface area (Å²) < 4.78 is 9.91. The van der Waals surface area contributed by atoms with Crippen molar-refractivity contribution >= 4 is 29.7 Å². The van der Waals surface area contributed by atoms with E-state index < -0.39 is 35.7 Å². The first kappa shape index (κ1) is 25.9. The third-order valence-electron chi connectivity index (χ3n) is 3.40. The van der Waals surface area contributed by atoms with Crippen molar-refractivity contribution in [2.24, 2.45) is 5.92 Å². The molecular weight excluding hydrogens is 380 g/mol. The summed E-state index contributed by atoms with van der Waals surface area (Å²) in [5, 5.41) is 7.85. The van der Waals surface area contributed by atoms with Gasteiger partial charge in [-0.3, -0.25) is 9.59 Å². The number of methoxy groups -OCH3 is 1. The summed E-state index contributed by atoms with van der Waals surface area (Å²) >= 11 is 1.35. The van der Waals surface area contributed by atoms with Crippen molar-refractivity contribution in [1.29, 1.82) is 0 Å². The van der Waals surface area contributed by atoms with Crippen LogP contribution in [0.15, 0.2) is 12.2 Å². The van der Waals surface area contributed by atoms with Crippen LogP contribution in [0.1, 0.15) is 47.5 Å². The number of alkyl carbamates (subject to hydrolysis) is 1. The van der Waals surface area contributed by atoms with Gasteiger partial charge in [0.05, 0.1) is 19.6 Å². The second-order valence-electron chi connectivity index (χ2n) is 7.45. The molecule has 0 aliphatic heterocycles. The minimum absolute atomic E-state index is 0.0156. The Balaban J connectivity index is 5.06. The Morgan fingerprint density at radius 2 is 1.86 bits per heavy atom. The topological polar surface area (TPSA) is 93.7 Å². The van der Waals surface area contributed by atoms with Gasteiger partial charge in [-0.1, -0.05) is 37.8 Å². The Morgan fingerprint density at radius 1 is 1.21 bits per heavy atom. The molecule has 0 aromatic carbocycles. The van der Waals surface area contributed by atoms with Crippen LogP contribution in [0.25, 0.3) is 0 Å². The molecule has 0 rings (SSSR count). The Labute approximate surface area is 172 Å². The van der Waals surface area contributed by atoms with Crippen molar-refractivity contribution in [2.75, 3.05) is 12.9 Å². The predicted octanol–water partition coefficient (Wildman–Crippen LogP) is 2.85. The van der Waals surface area contributed by atoms with Crippen LogP contribution in [-0.2, 0) is 19.1 Å². The van der Waals surface area contributed by atoms with Gasteiger partial charge in [0, 0.05) is 5.75 Å². The van der Waals surface area contributed by atoms with E-state index in [0.717, 1.165) is 5.75 Å². The van der Waals surface area contributed by atoms with Gasteiger partial charge in [0.15, 0.2) is 0 Å². The van der Waals surface area contributed by atoms with Gasteiger partial charge >= 0.3 is 12.1 Å². The van der Waals surface area contributed by atoms with Gasteiger partial charge in [-0.25, -0.2) is 4.79 Å². The van der Waals surface area contributed by atoms with Crippen LogP contribution in [0.4, 0.5) is 4.79 Å². The van der Waals surface area contributed by atoms with Gasteiger partial charge in [-0.15, -0.1) is 6.42 Å². The van der Waals surface area contributed by atoms with Crippen LogP contribution < -0.4 is 10.6 Å². The average Bonchev–Trinajstić information content (AvgIpc) is 2.57. The summed E-state index contributed by atoms with van der Waals surface area (Å²) in [4.78, 5) is 36.4. The number of carbonyl (C=O) groups is 3. The number of thioether (sulfide) groups is 1. The molecule has 2 amide bonds. The molecule has 0 spiro atoms. The molecule has 8 heteroatoms. The zero-order valence-corrected chi connectivity index (χ0v) is 18.4. The van der Waals surface area contributed by atoms with Crippen LogP contribution in [0.5, 0.6) is 0 Å². The Hall–Kier alpha value is -2.14. The summed E-state index contributed by atoms with van der Waals surface area (Å²) in [5.41, 5.74) is -0.672. The fourth-order valence-corrected chi connectivity index (χ4v) is 2.49. The highest BCUT2D eigenvalue weighted by atomic mass is 32.2. The maximum absolute atomic E-state index is 12.7. The molecule has 7 nitrogen and oxygen atoms in total. The monoisotopic (exact) mass is 412 g/mol. The normalized spacial score (nSPS) is 13.5. The zero-order valence-electron chi connectivity index (χ0n) is 17.5. The van der Waals surface area contributed by atoms with Crippen LogP contribution in [0, 0.1) is 17.6 Å². The molecule has 0 saturated carbocycles. The zero-order chi connectivity index (χ0) is 21.7. The van der Waals surface area contributed by atoms with Crippen molar-refractivity contribution in [3.63, 3.8) is 0 Å². The number of amides is 2. The van der Waals surface area contributed by atoms with Gasteiger partial charge in [0.1, 0.15) is 11.6 Å². The minimum Gasteiger partial charge on any atom is -0.469 e. The number of carbonyl (C=O) groups excluding carboxylic acids is 3. The molecule has 2 atom stereocenters. The Bertz CT molecular complexity index is 590. The summed E-state index contributed by atoms with van der Waals surface area (Å²) in [7, 11) is 1.29. The van der Waals surface area contributed by atoms with Gasteiger partial charge < -0.3 is 20.1 Å². The van der Waals surface area contributed by atoms with Crippen LogP contribution >= 0.6 is 11.8 Å². The second-order valence-corrected chi connectivity index (χ2v) is 8.38. The molecule has 2 N–H and O–H groups in total. The molecule has 0 aliphatic rings. The molecule has 0 radical (unpaired) electrons. The first-order valence-electron chi connectivity index (χ1n) is 9.11. The number of ether oxygens (including phenoxy) is 2. The van der Waals surface area contributed by atoms with Crippen LogP contribution in [0.3, 0.4) is 0 Å². The van der Waals surface area contributed by atoms with E-state index in [4.69, 9.17) is 11.2 Å². The molecule has 0 heterocycles. The number of hydrogen-bond acceptors (Lipinski definition) is 6. The van der Waals surface area contributed by atoms with Gasteiger partial charge in [-0.05, 0) is 38.4 Å². The molecule has 0 aromatic heterocycles. The molecule has 0 saturated heterocycles. The van der Waals surface area contributed by atoms with Crippen molar-refractivity contribution in [2.45, 2.75) is 65.1 Å². The predicted molar refractivity (Wildman–Crippen MR) is 112 cm³/mol. The van der Waals surface area contributed by atoms with Crippen molar-refractivity contribution in [3.8, 4) is 11.7 Å². The van der Waals surface area contributed by atoms with E-state index in [2.05, 4.69) is 20.6 Å². The lowest BCUT2D eigenvalue weighted by Crippen LogP contribution is -2.53. The smallest absolute Gasteiger partial charge is 0.408 e. The molecule has 0 bridgehead atoms. The number of nitrogens with one attached hydrogen (secondary N) is 2. The maximum atomic E-state index is 12.7. The summed E-state index contributed by atoms with van der Waals surface area (Å²) in [6.07, 6.45) is 8.78. The summed E-state index contributed by atoms with van der Waals surface area (Å²) in [6.45, 7) is 8.85. The van der Waals surface area contributed by atoms with Crippen LogP contribution in [-0.4, -0.2) is 48.5 Å². The lowest BCUT2D eigenvalue weighted by molar-refractivity contribution is -0.141. The molecule has 0 fully saturated rings. The molecular formula is C20H32N2O5S. The first-order chi connectivity index (χ1) is 13.0. The largest absolute Gasteiger partial charge is 0.469 e. The van der Waals surface area contributed by atoms with E-state index in [1.807, 2.05) is 19.9 Å². The number of hydrogen-bond donors (Lipinski definition) is 2. The van der Waals surface area contributed by atoms with E-state index in [9.17, 15) is 14.4 Å². The minimum atomic E-state index is -0.805. The molecule has 0 aliphatic carbocycles. The molecule has 158 valence electrons. The lowest BCUT2D eigenvalue weighted by Gasteiger charge is -2.26. The highest BCUT2D eigenvalue weighted by Gasteiger charge is 2.28. The van der Waals surface area contributed by atoms with E-state index >= 15 is 0 Å². The summed E-state index contributed by atoms with van der Waals surface area (Å²) in [5.74, 6) is -0.297. The van der Waals surface area contributed by atoms with Crippen LogP contribution in [0.2, 0.25) is 0 Å². The van der Waals surface area contributed by atoms with Gasteiger partial charge in [0.25, 0.3) is 0 Å². The number of esters is 1. The fourth-order valence-electron chi connectivity index (χ4n) is 2.12. The fraction of sp³-hybridized carbons (Fsp3) is 0.650. The van der Waals surface area contributed by atoms with E-state index in [1.54, 1.807) is 26.8 Å². The molecule has 2 unspecified atom stereocenters. The number of rotatable bonds is 10. The lowest BCUT2D eigenvalue weighted by atomic mass is 10.0. The maximum Gasteiger partial charge on any atom is 0.408 e. The SMILES string of the molecule is C#CSCCC=CC(CC(=O)OC)NC(=O)C(NC(=O)OC(C)(C)C)C(C)C. The quantitative estimate of drug-likeness (QED) is 0.248. The van der Waals surface area contributed by atoms with Crippen molar-refractivity contribution in [1.82, 2.24) is 10.6 Å². The van der Waals surface area contributed by atoms with Gasteiger partial charge in [0.2, 0.25) is 5.91 Å².